The molecule has 138 valence electrons. The quantitative estimate of drug-likeness (QED) is 0.790. The standard InChI is InChI=1S/C23H29NO2/c1-17(19-8-4-2-5-9-19)22(25)21(16-18-12-14-24-15-13-18)23(26)20-10-6-3-7-11-20/h2-11,17-18,21,23-24,26H,12-16H2,1H3. The number of hydrogen-bond donors (Lipinski definition) is 2. The maximum atomic E-state index is 13.4. The topological polar surface area (TPSA) is 49.3 Å². The maximum Gasteiger partial charge on any atom is 0.146 e. The monoisotopic (exact) mass is 351 g/mol. The minimum absolute atomic E-state index is 0.145. The van der Waals surface area contributed by atoms with Crippen LogP contribution in [0, 0.1) is 11.8 Å². The summed E-state index contributed by atoms with van der Waals surface area (Å²) in [5, 5.41) is 14.4. The molecule has 1 aliphatic rings. The van der Waals surface area contributed by atoms with Crippen LogP contribution in [-0.2, 0) is 4.79 Å². The first-order valence-corrected chi connectivity index (χ1v) is 9.69. The predicted octanol–water partition coefficient (Wildman–Crippen LogP) is 4.10. The summed E-state index contributed by atoms with van der Waals surface area (Å²) >= 11 is 0. The van der Waals surface area contributed by atoms with Crippen LogP contribution in [0.25, 0.3) is 0 Å². The van der Waals surface area contributed by atoms with Gasteiger partial charge in [-0.1, -0.05) is 67.6 Å². The van der Waals surface area contributed by atoms with E-state index < -0.39 is 6.10 Å². The van der Waals surface area contributed by atoms with E-state index in [-0.39, 0.29) is 17.6 Å². The molecule has 2 N–H and O–H groups in total. The highest BCUT2D eigenvalue weighted by Gasteiger charge is 2.34. The number of ketones is 1. The molecule has 3 nitrogen and oxygen atoms in total. The van der Waals surface area contributed by atoms with Crippen molar-refractivity contribution in [3.8, 4) is 0 Å². The van der Waals surface area contributed by atoms with Crippen LogP contribution in [0.4, 0.5) is 0 Å². The van der Waals surface area contributed by atoms with Crippen molar-refractivity contribution in [2.24, 2.45) is 11.8 Å². The van der Waals surface area contributed by atoms with Crippen LogP contribution in [0.5, 0.6) is 0 Å². The molecule has 0 saturated carbocycles. The molecule has 0 aromatic heterocycles. The molecule has 3 atom stereocenters. The Morgan fingerprint density at radius 1 is 1.00 bits per heavy atom. The Hall–Kier alpha value is -1.97. The number of benzene rings is 2. The van der Waals surface area contributed by atoms with Gasteiger partial charge in [-0.3, -0.25) is 4.79 Å². The lowest BCUT2D eigenvalue weighted by atomic mass is 9.77. The highest BCUT2D eigenvalue weighted by Crippen LogP contribution is 2.35. The molecule has 3 heteroatoms. The van der Waals surface area contributed by atoms with E-state index in [9.17, 15) is 9.90 Å². The van der Waals surface area contributed by atoms with Crippen LogP contribution in [0.15, 0.2) is 60.7 Å². The number of carbonyl (C=O) groups is 1. The molecule has 1 saturated heterocycles. The van der Waals surface area contributed by atoms with E-state index in [1.807, 2.05) is 67.6 Å². The summed E-state index contributed by atoms with van der Waals surface area (Å²) in [5.74, 6) is 0.0644. The number of Topliss-reactive ketones (excluding diaryl/α,β-unsaturated/α-hetero) is 1. The number of hydrogen-bond acceptors (Lipinski definition) is 3. The van der Waals surface area contributed by atoms with E-state index in [0.717, 1.165) is 43.5 Å². The fraction of sp³-hybridized carbons (Fsp3) is 0.435. The zero-order chi connectivity index (χ0) is 18.4. The van der Waals surface area contributed by atoms with Gasteiger partial charge in [-0.15, -0.1) is 0 Å². The fourth-order valence-electron chi connectivity index (χ4n) is 3.99. The fourth-order valence-corrected chi connectivity index (χ4v) is 3.99. The zero-order valence-corrected chi connectivity index (χ0v) is 15.5. The molecule has 0 spiro atoms. The maximum absolute atomic E-state index is 13.4. The van der Waals surface area contributed by atoms with E-state index in [1.54, 1.807) is 0 Å². The molecular formula is C23H29NO2. The highest BCUT2D eigenvalue weighted by atomic mass is 16.3. The molecule has 0 bridgehead atoms. The number of carbonyl (C=O) groups excluding carboxylic acids is 1. The average Bonchev–Trinajstić information content (AvgIpc) is 2.72. The van der Waals surface area contributed by atoms with Gasteiger partial charge in [0.05, 0.1) is 6.10 Å². The largest absolute Gasteiger partial charge is 0.388 e. The number of aliphatic hydroxyl groups is 1. The molecular weight excluding hydrogens is 322 g/mol. The van der Waals surface area contributed by atoms with Gasteiger partial charge in [0.2, 0.25) is 0 Å². The van der Waals surface area contributed by atoms with Crippen molar-refractivity contribution in [2.45, 2.75) is 38.2 Å². The van der Waals surface area contributed by atoms with Crippen LogP contribution < -0.4 is 5.32 Å². The molecule has 0 aliphatic carbocycles. The molecule has 0 amide bonds. The van der Waals surface area contributed by atoms with Crippen molar-refractivity contribution in [3.63, 3.8) is 0 Å². The van der Waals surface area contributed by atoms with Crippen molar-refractivity contribution >= 4 is 5.78 Å². The van der Waals surface area contributed by atoms with E-state index in [2.05, 4.69) is 5.32 Å². The first-order valence-electron chi connectivity index (χ1n) is 9.69. The summed E-state index contributed by atoms with van der Waals surface area (Å²) in [6.07, 6.45) is 2.16. The summed E-state index contributed by atoms with van der Waals surface area (Å²) in [6, 6.07) is 19.5. The van der Waals surface area contributed by atoms with Crippen molar-refractivity contribution < 1.29 is 9.90 Å². The molecule has 1 heterocycles. The van der Waals surface area contributed by atoms with Gasteiger partial charge in [0.1, 0.15) is 5.78 Å². The van der Waals surface area contributed by atoms with Gasteiger partial charge in [0.15, 0.2) is 0 Å². The van der Waals surface area contributed by atoms with E-state index in [1.165, 1.54) is 0 Å². The second-order valence-electron chi connectivity index (χ2n) is 7.43. The molecule has 3 rings (SSSR count). The molecule has 26 heavy (non-hydrogen) atoms. The van der Waals surface area contributed by atoms with Gasteiger partial charge in [-0.2, -0.15) is 0 Å². The third kappa shape index (κ3) is 4.60. The lowest BCUT2D eigenvalue weighted by Gasteiger charge is -2.31. The van der Waals surface area contributed by atoms with E-state index >= 15 is 0 Å². The zero-order valence-electron chi connectivity index (χ0n) is 15.5. The van der Waals surface area contributed by atoms with E-state index in [4.69, 9.17) is 0 Å². The summed E-state index contributed by atoms with van der Waals surface area (Å²) < 4.78 is 0. The Morgan fingerprint density at radius 2 is 1.54 bits per heavy atom. The number of rotatable bonds is 7. The third-order valence-electron chi connectivity index (χ3n) is 5.66. The van der Waals surface area contributed by atoms with Gasteiger partial charge in [0, 0.05) is 11.8 Å². The third-order valence-corrected chi connectivity index (χ3v) is 5.66. The Kier molecular flexibility index (Phi) is 6.59. The number of piperidine rings is 1. The minimum Gasteiger partial charge on any atom is -0.388 e. The molecule has 2 aromatic carbocycles. The second kappa shape index (κ2) is 9.11. The summed E-state index contributed by atoms with van der Waals surface area (Å²) in [7, 11) is 0. The van der Waals surface area contributed by atoms with Crippen LogP contribution in [0.3, 0.4) is 0 Å². The van der Waals surface area contributed by atoms with Gasteiger partial charge in [-0.05, 0) is 49.4 Å². The molecule has 0 radical (unpaired) electrons. The lowest BCUT2D eigenvalue weighted by molar-refractivity contribution is -0.128. The summed E-state index contributed by atoms with van der Waals surface area (Å²) in [6.45, 7) is 3.97. The first kappa shape index (κ1) is 18.8. The number of nitrogens with one attached hydrogen (secondary N) is 1. The highest BCUT2D eigenvalue weighted by molar-refractivity contribution is 5.88. The Labute approximate surface area is 156 Å². The van der Waals surface area contributed by atoms with Crippen LogP contribution in [-0.4, -0.2) is 24.0 Å². The van der Waals surface area contributed by atoms with Gasteiger partial charge in [0.25, 0.3) is 0 Å². The molecule has 1 aliphatic heterocycles. The van der Waals surface area contributed by atoms with Gasteiger partial charge < -0.3 is 10.4 Å². The van der Waals surface area contributed by atoms with Crippen molar-refractivity contribution in [3.05, 3.63) is 71.8 Å². The minimum atomic E-state index is -0.746. The van der Waals surface area contributed by atoms with E-state index in [0.29, 0.717) is 5.92 Å². The van der Waals surface area contributed by atoms with Gasteiger partial charge >= 0.3 is 0 Å². The van der Waals surface area contributed by atoms with Crippen LogP contribution in [0.2, 0.25) is 0 Å². The van der Waals surface area contributed by atoms with Crippen LogP contribution >= 0.6 is 0 Å². The second-order valence-corrected chi connectivity index (χ2v) is 7.43. The first-order chi connectivity index (χ1) is 12.7. The van der Waals surface area contributed by atoms with Crippen molar-refractivity contribution in [1.82, 2.24) is 5.32 Å². The number of aliphatic hydroxyl groups excluding tert-OH is 1. The van der Waals surface area contributed by atoms with Crippen molar-refractivity contribution in [1.29, 1.82) is 0 Å². The lowest BCUT2D eigenvalue weighted by Crippen LogP contribution is -2.33. The molecule has 2 aromatic rings. The van der Waals surface area contributed by atoms with Gasteiger partial charge in [-0.25, -0.2) is 0 Å². The average molecular weight is 351 g/mol. The Bertz CT molecular complexity index is 680. The normalized spacial score (nSPS) is 18.8. The summed E-state index contributed by atoms with van der Waals surface area (Å²) in [5.41, 5.74) is 1.85. The predicted molar refractivity (Wildman–Crippen MR) is 105 cm³/mol. The Balaban J connectivity index is 1.82. The SMILES string of the molecule is CC(C(=O)C(CC1CCNCC1)C(O)c1ccccc1)c1ccccc1. The van der Waals surface area contributed by atoms with Crippen molar-refractivity contribution in [2.75, 3.05) is 13.1 Å². The smallest absolute Gasteiger partial charge is 0.146 e. The summed E-state index contributed by atoms with van der Waals surface area (Å²) in [4.78, 5) is 13.4. The molecule has 3 unspecified atom stereocenters. The Morgan fingerprint density at radius 3 is 2.12 bits per heavy atom. The molecule has 1 fully saturated rings. The van der Waals surface area contributed by atoms with Crippen LogP contribution in [0.1, 0.15) is 49.3 Å².